The molecule has 4 aromatic rings. The van der Waals surface area contributed by atoms with Gasteiger partial charge in [-0.15, -0.1) is 21.5 Å². The van der Waals surface area contributed by atoms with E-state index in [0.717, 1.165) is 12.0 Å². The highest BCUT2D eigenvalue weighted by Crippen LogP contribution is 2.26. The molecular weight excluding hydrogens is 450 g/mol. The Labute approximate surface area is 191 Å². The minimum atomic E-state index is -0.250. The molecule has 2 aromatic carbocycles. The number of amides is 2. The highest BCUT2D eigenvalue weighted by molar-refractivity contribution is 8.01. The Morgan fingerprint density at radius 1 is 0.903 bits per heavy atom. The summed E-state index contributed by atoms with van der Waals surface area (Å²) in [6.45, 7) is 0. The van der Waals surface area contributed by atoms with Crippen molar-refractivity contribution < 1.29 is 9.59 Å². The Morgan fingerprint density at radius 3 is 2.42 bits per heavy atom. The zero-order valence-electron chi connectivity index (χ0n) is 16.1. The SMILES string of the molecule is O=C(CSc1nnc(NC(=O)c2ccc(Cc3ccccc3)cc2)s1)Nc1nccs1. The van der Waals surface area contributed by atoms with Gasteiger partial charge in [0.05, 0.1) is 5.75 Å². The topological polar surface area (TPSA) is 96.9 Å². The third-order valence-electron chi connectivity index (χ3n) is 4.10. The van der Waals surface area contributed by atoms with Crippen LogP contribution in [0.25, 0.3) is 0 Å². The summed E-state index contributed by atoms with van der Waals surface area (Å²) in [5.74, 6) is -0.234. The van der Waals surface area contributed by atoms with E-state index < -0.39 is 0 Å². The number of thiazole rings is 1. The molecule has 0 unspecified atom stereocenters. The van der Waals surface area contributed by atoms with Gasteiger partial charge >= 0.3 is 0 Å². The first-order valence-electron chi connectivity index (χ1n) is 9.25. The number of hydrogen-bond acceptors (Lipinski definition) is 8. The smallest absolute Gasteiger partial charge is 0.257 e. The number of carbonyl (C=O) groups is 2. The molecule has 0 spiro atoms. The third kappa shape index (κ3) is 6.20. The van der Waals surface area contributed by atoms with Crippen LogP contribution in [-0.4, -0.2) is 32.7 Å². The molecule has 0 fully saturated rings. The van der Waals surface area contributed by atoms with Gasteiger partial charge in [0.25, 0.3) is 5.91 Å². The monoisotopic (exact) mass is 467 g/mol. The maximum Gasteiger partial charge on any atom is 0.257 e. The first-order chi connectivity index (χ1) is 15.2. The summed E-state index contributed by atoms with van der Waals surface area (Å²) in [6, 6.07) is 17.7. The van der Waals surface area contributed by atoms with Crippen LogP contribution in [0.5, 0.6) is 0 Å². The number of nitrogens with zero attached hydrogens (tertiary/aromatic N) is 3. The minimum Gasteiger partial charge on any atom is -0.301 e. The lowest BCUT2D eigenvalue weighted by Gasteiger charge is -2.04. The molecule has 0 bridgehead atoms. The highest BCUT2D eigenvalue weighted by Gasteiger charge is 2.12. The quantitative estimate of drug-likeness (QED) is 0.291. The van der Waals surface area contributed by atoms with E-state index in [1.807, 2.05) is 30.3 Å². The maximum atomic E-state index is 12.5. The molecule has 4 rings (SSSR count). The largest absolute Gasteiger partial charge is 0.301 e. The molecule has 0 aliphatic heterocycles. The van der Waals surface area contributed by atoms with E-state index in [-0.39, 0.29) is 17.6 Å². The van der Waals surface area contributed by atoms with Crippen LogP contribution >= 0.6 is 34.4 Å². The Morgan fingerprint density at radius 2 is 1.68 bits per heavy atom. The van der Waals surface area contributed by atoms with Crippen molar-refractivity contribution in [2.75, 3.05) is 16.4 Å². The first kappa shape index (κ1) is 21.2. The lowest BCUT2D eigenvalue weighted by Crippen LogP contribution is -2.13. The minimum absolute atomic E-state index is 0.170. The molecule has 0 aliphatic carbocycles. The molecule has 156 valence electrons. The molecule has 0 saturated carbocycles. The summed E-state index contributed by atoms with van der Waals surface area (Å²) in [5.41, 5.74) is 2.90. The van der Waals surface area contributed by atoms with E-state index in [0.29, 0.717) is 20.2 Å². The number of nitrogens with one attached hydrogen (secondary N) is 2. The van der Waals surface area contributed by atoms with E-state index in [2.05, 4.69) is 37.9 Å². The van der Waals surface area contributed by atoms with Crippen molar-refractivity contribution in [1.82, 2.24) is 15.2 Å². The lowest BCUT2D eigenvalue weighted by atomic mass is 10.0. The van der Waals surface area contributed by atoms with E-state index in [9.17, 15) is 9.59 Å². The van der Waals surface area contributed by atoms with Crippen LogP contribution in [0.15, 0.2) is 70.5 Å². The second-order valence-corrected chi connectivity index (χ2v) is 9.46. The van der Waals surface area contributed by atoms with E-state index in [4.69, 9.17) is 0 Å². The predicted molar refractivity (Wildman–Crippen MR) is 125 cm³/mol. The van der Waals surface area contributed by atoms with Crippen molar-refractivity contribution in [3.05, 3.63) is 82.9 Å². The van der Waals surface area contributed by atoms with Crippen LogP contribution < -0.4 is 10.6 Å². The van der Waals surface area contributed by atoms with Crippen LogP contribution in [0, 0.1) is 0 Å². The normalized spacial score (nSPS) is 10.6. The molecular formula is C21H17N5O2S3. The van der Waals surface area contributed by atoms with Crippen molar-refractivity contribution in [2.24, 2.45) is 0 Å². The molecule has 0 saturated heterocycles. The fraction of sp³-hybridized carbons (Fsp3) is 0.0952. The van der Waals surface area contributed by atoms with Crippen molar-refractivity contribution in [2.45, 2.75) is 10.8 Å². The highest BCUT2D eigenvalue weighted by atomic mass is 32.2. The van der Waals surface area contributed by atoms with Gasteiger partial charge in [0.2, 0.25) is 11.0 Å². The van der Waals surface area contributed by atoms with Crippen LogP contribution in [0.4, 0.5) is 10.3 Å². The molecule has 31 heavy (non-hydrogen) atoms. The van der Waals surface area contributed by atoms with Gasteiger partial charge in [-0.1, -0.05) is 65.6 Å². The Kier molecular flexibility index (Phi) is 7.03. The average Bonchev–Trinajstić information content (AvgIpc) is 3.45. The number of anilines is 2. The fourth-order valence-electron chi connectivity index (χ4n) is 2.66. The van der Waals surface area contributed by atoms with Crippen LogP contribution in [0.1, 0.15) is 21.5 Å². The van der Waals surface area contributed by atoms with Crippen molar-refractivity contribution in [3.8, 4) is 0 Å². The molecule has 2 amide bonds. The summed E-state index contributed by atoms with van der Waals surface area (Å²) in [4.78, 5) is 28.4. The Bertz CT molecular complexity index is 1150. The second-order valence-electron chi connectivity index (χ2n) is 6.36. The first-order valence-corrected chi connectivity index (χ1v) is 11.9. The van der Waals surface area contributed by atoms with Crippen LogP contribution in [0.2, 0.25) is 0 Å². The van der Waals surface area contributed by atoms with Gasteiger partial charge in [-0.3, -0.25) is 14.9 Å². The van der Waals surface area contributed by atoms with Crippen molar-refractivity contribution >= 4 is 56.5 Å². The average molecular weight is 468 g/mol. The standard InChI is InChI=1S/C21H17N5O2S3/c27-17(23-19-22-10-11-29-19)13-30-21-26-25-20(31-21)24-18(28)16-8-6-15(7-9-16)12-14-4-2-1-3-5-14/h1-11H,12-13H2,(H,22,23,27)(H,24,25,28). The summed E-state index contributed by atoms with van der Waals surface area (Å²) in [5, 5.41) is 16.2. The van der Waals surface area contributed by atoms with Crippen molar-refractivity contribution in [3.63, 3.8) is 0 Å². The number of carbonyl (C=O) groups excluding carboxylic acids is 2. The lowest BCUT2D eigenvalue weighted by molar-refractivity contribution is -0.113. The summed E-state index contributed by atoms with van der Waals surface area (Å²) < 4.78 is 0.600. The summed E-state index contributed by atoms with van der Waals surface area (Å²) in [6.07, 6.45) is 2.44. The van der Waals surface area contributed by atoms with Crippen LogP contribution in [-0.2, 0) is 11.2 Å². The van der Waals surface area contributed by atoms with Gasteiger partial charge in [-0.05, 0) is 29.7 Å². The molecule has 0 atom stereocenters. The summed E-state index contributed by atoms with van der Waals surface area (Å²) >= 11 is 3.84. The van der Waals surface area contributed by atoms with E-state index in [1.54, 1.807) is 23.7 Å². The molecule has 0 radical (unpaired) electrons. The molecule has 7 nitrogen and oxygen atoms in total. The van der Waals surface area contributed by atoms with Gasteiger partial charge in [-0.2, -0.15) is 0 Å². The van der Waals surface area contributed by atoms with Crippen LogP contribution in [0.3, 0.4) is 0 Å². The Balaban J connectivity index is 1.28. The fourth-order valence-corrected chi connectivity index (χ4v) is 4.75. The van der Waals surface area contributed by atoms with Gasteiger partial charge in [0.1, 0.15) is 0 Å². The molecule has 2 aromatic heterocycles. The van der Waals surface area contributed by atoms with Crippen molar-refractivity contribution in [1.29, 1.82) is 0 Å². The molecule has 2 heterocycles. The third-order valence-corrected chi connectivity index (χ3v) is 6.76. The summed E-state index contributed by atoms with van der Waals surface area (Å²) in [7, 11) is 0. The number of aromatic nitrogens is 3. The zero-order valence-corrected chi connectivity index (χ0v) is 18.6. The molecule has 10 heteroatoms. The zero-order chi connectivity index (χ0) is 21.5. The molecule has 0 aliphatic rings. The van der Waals surface area contributed by atoms with Gasteiger partial charge < -0.3 is 5.32 Å². The molecule has 2 N–H and O–H groups in total. The van der Waals surface area contributed by atoms with Gasteiger partial charge in [-0.25, -0.2) is 4.98 Å². The number of hydrogen-bond donors (Lipinski definition) is 2. The van der Waals surface area contributed by atoms with Gasteiger partial charge in [0, 0.05) is 17.1 Å². The number of benzene rings is 2. The number of thioether (sulfide) groups is 1. The Hall–Kier alpha value is -3.08. The van der Waals surface area contributed by atoms with Gasteiger partial charge in [0.15, 0.2) is 9.47 Å². The van der Waals surface area contributed by atoms with E-state index >= 15 is 0 Å². The van der Waals surface area contributed by atoms with E-state index in [1.165, 1.54) is 40.0 Å². The maximum absolute atomic E-state index is 12.5. The predicted octanol–water partition coefficient (Wildman–Crippen LogP) is 4.57. The number of rotatable bonds is 8. The second kappa shape index (κ2) is 10.3.